The summed E-state index contributed by atoms with van der Waals surface area (Å²) in [7, 11) is 0. The van der Waals surface area contributed by atoms with Crippen LogP contribution in [0.4, 0.5) is 0 Å². The molecule has 0 atom stereocenters. The molecule has 0 spiro atoms. The van der Waals surface area contributed by atoms with E-state index in [0.717, 1.165) is 5.56 Å². The Labute approximate surface area is 139 Å². The van der Waals surface area contributed by atoms with E-state index in [9.17, 15) is 14.7 Å². The molecule has 0 unspecified atom stereocenters. The molecule has 1 heterocycles. The van der Waals surface area contributed by atoms with Gasteiger partial charge in [0.25, 0.3) is 0 Å². The Kier molecular flexibility index (Phi) is 6.20. The van der Waals surface area contributed by atoms with Gasteiger partial charge in [-0.2, -0.15) is 0 Å². The van der Waals surface area contributed by atoms with E-state index in [1.54, 1.807) is 12.1 Å². The molecule has 1 aliphatic heterocycles. The molecule has 1 N–H and O–H groups in total. The molecule has 0 aliphatic carbocycles. The molecule has 1 saturated heterocycles. The van der Waals surface area contributed by atoms with Crippen LogP contribution >= 0.6 is 23.2 Å². The first-order chi connectivity index (χ1) is 10.5. The Morgan fingerprint density at radius 2 is 1.77 bits per heavy atom. The zero-order valence-corrected chi connectivity index (χ0v) is 13.6. The van der Waals surface area contributed by atoms with Crippen LogP contribution in [-0.4, -0.2) is 53.0 Å². The largest absolute Gasteiger partial charge is 0.395 e. The van der Waals surface area contributed by atoms with Crippen LogP contribution in [0.2, 0.25) is 10.0 Å². The van der Waals surface area contributed by atoms with E-state index in [1.807, 2.05) is 11.0 Å². The van der Waals surface area contributed by atoms with Crippen molar-refractivity contribution in [3.63, 3.8) is 0 Å². The van der Waals surface area contributed by atoms with Crippen LogP contribution in [0.25, 0.3) is 0 Å². The van der Waals surface area contributed by atoms with Crippen LogP contribution in [0.3, 0.4) is 0 Å². The summed E-state index contributed by atoms with van der Waals surface area (Å²) in [4.78, 5) is 26.5. The molecule has 1 aliphatic rings. The molecule has 120 valence electrons. The number of carbonyl (C=O) groups is 2. The zero-order chi connectivity index (χ0) is 16.1. The maximum Gasteiger partial charge on any atom is 0.229 e. The molecule has 0 saturated carbocycles. The van der Waals surface area contributed by atoms with Crippen molar-refractivity contribution in [2.45, 2.75) is 19.4 Å². The average Bonchev–Trinajstić information content (AvgIpc) is 2.80. The number of rotatable bonds is 7. The third-order valence-electron chi connectivity index (χ3n) is 3.60. The van der Waals surface area contributed by atoms with Gasteiger partial charge >= 0.3 is 0 Å². The molecule has 0 radical (unpaired) electrons. The number of benzene rings is 1. The standard InChI is InChI=1S/C15H18Cl2N2O3/c16-12-2-1-11(9-13(12)17)10-18(7-8-20)5-6-19-14(21)3-4-15(19)22/h1-2,9,20H,3-8,10H2. The highest BCUT2D eigenvalue weighted by Gasteiger charge is 2.28. The van der Waals surface area contributed by atoms with Gasteiger partial charge in [-0.05, 0) is 17.7 Å². The van der Waals surface area contributed by atoms with Gasteiger partial charge in [-0.1, -0.05) is 29.3 Å². The van der Waals surface area contributed by atoms with Crippen molar-refractivity contribution in [2.75, 3.05) is 26.2 Å². The third kappa shape index (κ3) is 4.43. The highest BCUT2D eigenvalue weighted by Crippen LogP contribution is 2.23. The molecule has 1 aromatic carbocycles. The summed E-state index contributed by atoms with van der Waals surface area (Å²) in [6.45, 7) is 1.88. The van der Waals surface area contributed by atoms with Crippen LogP contribution < -0.4 is 0 Å². The van der Waals surface area contributed by atoms with E-state index in [0.29, 0.717) is 49.1 Å². The maximum absolute atomic E-state index is 11.6. The first-order valence-corrected chi connectivity index (χ1v) is 7.87. The van der Waals surface area contributed by atoms with Crippen molar-refractivity contribution < 1.29 is 14.7 Å². The predicted octanol–water partition coefficient (Wildman–Crippen LogP) is 1.94. The number of hydrogen-bond donors (Lipinski definition) is 1. The quantitative estimate of drug-likeness (QED) is 0.768. The lowest BCUT2D eigenvalue weighted by atomic mass is 10.2. The van der Waals surface area contributed by atoms with Crippen molar-refractivity contribution in [2.24, 2.45) is 0 Å². The molecule has 2 amide bonds. The van der Waals surface area contributed by atoms with E-state index in [-0.39, 0.29) is 18.4 Å². The lowest BCUT2D eigenvalue weighted by molar-refractivity contribution is -0.138. The van der Waals surface area contributed by atoms with Gasteiger partial charge < -0.3 is 5.11 Å². The van der Waals surface area contributed by atoms with Crippen molar-refractivity contribution in [1.29, 1.82) is 0 Å². The van der Waals surface area contributed by atoms with Gasteiger partial charge in [-0.3, -0.25) is 19.4 Å². The summed E-state index contributed by atoms with van der Waals surface area (Å²) in [5, 5.41) is 10.1. The van der Waals surface area contributed by atoms with Gasteiger partial charge in [0.05, 0.1) is 16.7 Å². The first kappa shape index (κ1) is 17.2. The highest BCUT2D eigenvalue weighted by molar-refractivity contribution is 6.42. The second-order valence-corrected chi connectivity index (χ2v) is 6.00. The van der Waals surface area contributed by atoms with Crippen molar-refractivity contribution in [3.05, 3.63) is 33.8 Å². The van der Waals surface area contributed by atoms with Gasteiger partial charge in [0, 0.05) is 39.0 Å². The second-order valence-electron chi connectivity index (χ2n) is 5.19. The van der Waals surface area contributed by atoms with E-state index in [2.05, 4.69) is 0 Å². The average molecular weight is 345 g/mol. The lowest BCUT2D eigenvalue weighted by Crippen LogP contribution is -2.38. The fraction of sp³-hybridized carbons (Fsp3) is 0.467. The Bertz CT molecular complexity index is 550. The minimum atomic E-state index is -0.122. The topological polar surface area (TPSA) is 60.9 Å². The van der Waals surface area contributed by atoms with Crippen LogP contribution in [-0.2, 0) is 16.1 Å². The SMILES string of the molecule is O=C1CCC(=O)N1CCN(CCO)Cc1ccc(Cl)c(Cl)c1. The number of aliphatic hydroxyl groups excluding tert-OH is 1. The minimum absolute atomic E-state index is 0.00319. The molecule has 5 nitrogen and oxygen atoms in total. The van der Waals surface area contributed by atoms with Crippen molar-refractivity contribution in [3.8, 4) is 0 Å². The van der Waals surface area contributed by atoms with Crippen LogP contribution in [0.5, 0.6) is 0 Å². The maximum atomic E-state index is 11.6. The summed E-state index contributed by atoms with van der Waals surface area (Å²) in [5.74, 6) is -0.244. The number of halogens is 2. The fourth-order valence-electron chi connectivity index (χ4n) is 2.42. The normalized spacial score (nSPS) is 15.2. The van der Waals surface area contributed by atoms with E-state index in [4.69, 9.17) is 23.2 Å². The van der Waals surface area contributed by atoms with E-state index in [1.165, 1.54) is 4.90 Å². The Balaban J connectivity index is 1.95. The number of imide groups is 1. The second kappa shape index (κ2) is 7.92. The predicted molar refractivity (Wildman–Crippen MR) is 84.8 cm³/mol. The molecular weight excluding hydrogens is 327 g/mol. The van der Waals surface area contributed by atoms with Gasteiger partial charge in [-0.25, -0.2) is 0 Å². The summed E-state index contributed by atoms with van der Waals surface area (Å²) in [6.07, 6.45) is 0.594. The minimum Gasteiger partial charge on any atom is -0.395 e. The number of likely N-dealkylation sites (tertiary alicyclic amines) is 1. The third-order valence-corrected chi connectivity index (χ3v) is 4.34. The fourth-order valence-corrected chi connectivity index (χ4v) is 2.74. The van der Waals surface area contributed by atoms with Crippen LogP contribution in [0.15, 0.2) is 18.2 Å². The van der Waals surface area contributed by atoms with E-state index < -0.39 is 0 Å². The summed E-state index contributed by atoms with van der Waals surface area (Å²) >= 11 is 11.9. The number of amides is 2. The van der Waals surface area contributed by atoms with E-state index >= 15 is 0 Å². The van der Waals surface area contributed by atoms with Gasteiger partial charge in [0.2, 0.25) is 11.8 Å². The Morgan fingerprint density at radius 1 is 1.09 bits per heavy atom. The molecule has 1 fully saturated rings. The number of hydrogen-bond acceptors (Lipinski definition) is 4. The van der Waals surface area contributed by atoms with Gasteiger partial charge in [0.15, 0.2) is 0 Å². The first-order valence-electron chi connectivity index (χ1n) is 7.11. The molecule has 7 heteroatoms. The number of carbonyl (C=O) groups excluding carboxylic acids is 2. The summed E-state index contributed by atoms with van der Waals surface area (Å²) < 4.78 is 0. The molecule has 0 bridgehead atoms. The van der Waals surface area contributed by atoms with Crippen molar-refractivity contribution >= 4 is 35.0 Å². The zero-order valence-electron chi connectivity index (χ0n) is 12.1. The monoisotopic (exact) mass is 344 g/mol. The van der Waals surface area contributed by atoms with Crippen LogP contribution in [0.1, 0.15) is 18.4 Å². The molecule has 1 aromatic rings. The molecule has 0 aromatic heterocycles. The van der Waals surface area contributed by atoms with Gasteiger partial charge in [0.1, 0.15) is 0 Å². The smallest absolute Gasteiger partial charge is 0.229 e. The lowest BCUT2D eigenvalue weighted by Gasteiger charge is -2.24. The summed E-state index contributed by atoms with van der Waals surface area (Å²) in [5.41, 5.74) is 0.960. The molecule has 2 rings (SSSR count). The highest BCUT2D eigenvalue weighted by atomic mass is 35.5. The Hall–Kier alpha value is -1.14. The molecule has 22 heavy (non-hydrogen) atoms. The van der Waals surface area contributed by atoms with Gasteiger partial charge in [-0.15, -0.1) is 0 Å². The van der Waals surface area contributed by atoms with Crippen molar-refractivity contribution in [1.82, 2.24) is 9.80 Å². The Morgan fingerprint density at radius 3 is 2.36 bits per heavy atom. The summed E-state index contributed by atoms with van der Waals surface area (Å²) in [6, 6.07) is 5.37. The molecular formula is C15H18Cl2N2O3. The number of nitrogens with zero attached hydrogens (tertiary/aromatic N) is 2. The number of aliphatic hydroxyl groups is 1. The van der Waals surface area contributed by atoms with Crippen LogP contribution in [0, 0.1) is 0 Å².